The Balaban J connectivity index is 1.76. The number of hydrogen-bond donors (Lipinski definition) is 4. The van der Waals surface area contributed by atoms with Crippen LogP contribution in [0.1, 0.15) is 60.7 Å². The molecule has 0 heterocycles. The van der Waals surface area contributed by atoms with Crippen molar-refractivity contribution in [3.05, 3.63) is 50.8 Å². The van der Waals surface area contributed by atoms with Gasteiger partial charge in [0.05, 0.1) is 17.7 Å². The minimum Gasteiger partial charge on any atom is -0.508 e. The Hall–Kier alpha value is -3.12. The number of halogens is 5. The maximum Gasteiger partial charge on any atom is 0.454 e. The second kappa shape index (κ2) is 9.51. The number of rotatable bonds is 6. The van der Waals surface area contributed by atoms with E-state index in [2.05, 4.69) is 0 Å². The summed E-state index contributed by atoms with van der Waals surface area (Å²) in [6.45, 7) is 2.13. The monoisotopic (exact) mass is 557 g/mol. The number of Topliss-reactive ketones (excluding diaryl/α,β-unsaturated/α-hetero) is 3. The molecule has 0 radical (unpaired) electrons. The van der Waals surface area contributed by atoms with Crippen LogP contribution in [0.3, 0.4) is 0 Å². The number of aliphatic hydroxyl groups excluding tert-OH is 1. The molecular formula is C27H28F5NO6. The van der Waals surface area contributed by atoms with Crippen molar-refractivity contribution < 1.29 is 51.7 Å². The number of nitrogens with one attached hydrogen (secondary N) is 1. The second-order valence-corrected chi connectivity index (χ2v) is 10.5. The van der Waals surface area contributed by atoms with Gasteiger partial charge in [-0.1, -0.05) is 18.6 Å². The summed E-state index contributed by atoms with van der Waals surface area (Å²) in [6.07, 6.45) is -5.00. The van der Waals surface area contributed by atoms with Gasteiger partial charge in [0.15, 0.2) is 17.2 Å². The van der Waals surface area contributed by atoms with E-state index in [1.807, 2.05) is 5.32 Å². The average molecular weight is 558 g/mol. The summed E-state index contributed by atoms with van der Waals surface area (Å²) in [7, 11) is 0. The summed E-state index contributed by atoms with van der Waals surface area (Å²) in [6, 6.07) is 1.43. The second-order valence-electron chi connectivity index (χ2n) is 10.5. The summed E-state index contributed by atoms with van der Waals surface area (Å²) in [5.74, 6) is -10.5. The minimum absolute atomic E-state index is 0.103. The Bertz CT molecular complexity index is 1340. The Labute approximate surface area is 220 Å². The third-order valence-corrected chi connectivity index (χ3v) is 8.05. The first-order valence-electron chi connectivity index (χ1n) is 12.4. The topological polar surface area (TPSA) is 124 Å². The largest absolute Gasteiger partial charge is 0.508 e. The highest BCUT2D eigenvalue weighted by molar-refractivity contribution is 6.25. The van der Waals surface area contributed by atoms with Gasteiger partial charge in [-0.15, -0.1) is 0 Å². The molecule has 12 heteroatoms. The number of ketones is 3. The first-order chi connectivity index (χ1) is 18.0. The van der Waals surface area contributed by atoms with Crippen LogP contribution in [-0.2, 0) is 29.0 Å². The van der Waals surface area contributed by atoms with Crippen LogP contribution in [0.2, 0.25) is 0 Å². The normalized spacial score (nSPS) is 25.5. The third kappa shape index (κ3) is 4.37. The van der Waals surface area contributed by atoms with Gasteiger partial charge in [-0.05, 0) is 56.6 Å². The number of allylic oxidation sites excluding steroid dienone is 2. The standard InChI is InChI=1S/C27H28F5NO6/c1-4-13-6-15(9-33-10-25(28,29)27(30,31)32)21(35)20-17(13)8-14-7-16-5-11(2)18(12(3)34)23(37)26(16,39)24(38)19(14)22(20)36/h6,14,16,33,35,38-39H,4-5,7-10H2,1-3H3/t14-,16-,26-/m1/s1. The molecule has 0 spiro atoms. The number of carbonyl (C=O) groups is 3. The minimum atomic E-state index is -5.77. The fourth-order valence-electron chi connectivity index (χ4n) is 6.14. The summed E-state index contributed by atoms with van der Waals surface area (Å²) in [5, 5.41) is 35.5. The number of hydrogen-bond acceptors (Lipinski definition) is 7. The van der Waals surface area contributed by atoms with Crippen molar-refractivity contribution in [2.75, 3.05) is 6.54 Å². The van der Waals surface area contributed by atoms with Gasteiger partial charge in [0.1, 0.15) is 11.5 Å². The van der Waals surface area contributed by atoms with Crippen LogP contribution in [0, 0.1) is 11.8 Å². The van der Waals surface area contributed by atoms with Crippen molar-refractivity contribution in [3.63, 3.8) is 0 Å². The Morgan fingerprint density at radius 2 is 1.77 bits per heavy atom. The molecule has 3 aliphatic rings. The highest BCUT2D eigenvalue weighted by atomic mass is 19.4. The van der Waals surface area contributed by atoms with Gasteiger partial charge in [0.2, 0.25) is 5.78 Å². The van der Waals surface area contributed by atoms with Crippen molar-refractivity contribution in [1.82, 2.24) is 5.32 Å². The number of phenolic OH excluding ortho intramolecular Hbond substituents is 1. The SMILES string of the molecule is CCc1cc(CNCC(F)(F)C(F)(F)F)c(O)c2c1C[C@H]1C[C@H]3CC(C)=C(C(C)=O)C(=O)[C@@]3(O)C(O)=C1C2=O. The number of carbonyl (C=O) groups excluding carboxylic acids is 3. The predicted molar refractivity (Wildman–Crippen MR) is 127 cm³/mol. The molecule has 1 aromatic rings. The van der Waals surface area contributed by atoms with E-state index in [-0.39, 0.29) is 41.5 Å². The van der Waals surface area contributed by atoms with Crippen molar-refractivity contribution in [2.45, 2.75) is 70.7 Å². The maximum atomic E-state index is 13.7. The van der Waals surface area contributed by atoms with Crippen LogP contribution < -0.4 is 5.32 Å². The van der Waals surface area contributed by atoms with E-state index in [0.29, 0.717) is 23.1 Å². The van der Waals surface area contributed by atoms with Crippen LogP contribution in [0.25, 0.3) is 0 Å². The molecule has 0 bridgehead atoms. The maximum absolute atomic E-state index is 13.7. The number of benzene rings is 1. The molecule has 7 nitrogen and oxygen atoms in total. The molecule has 0 saturated heterocycles. The molecule has 0 unspecified atom stereocenters. The molecular weight excluding hydrogens is 529 g/mol. The fraction of sp³-hybridized carbons (Fsp3) is 0.519. The first kappa shape index (κ1) is 28.9. The Kier molecular flexibility index (Phi) is 7.04. The third-order valence-electron chi connectivity index (χ3n) is 8.05. The number of aromatic hydroxyl groups is 1. The zero-order valence-electron chi connectivity index (χ0n) is 21.4. The van der Waals surface area contributed by atoms with Gasteiger partial charge in [-0.3, -0.25) is 14.4 Å². The van der Waals surface area contributed by atoms with E-state index in [1.54, 1.807) is 13.8 Å². The molecule has 0 aliphatic heterocycles. The molecule has 0 amide bonds. The van der Waals surface area contributed by atoms with Gasteiger partial charge in [-0.25, -0.2) is 0 Å². The van der Waals surface area contributed by atoms with Crippen molar-refractivity contribution in [2.24, 2.45) is 11.8 Å². The van der Waals surface area contributed by atoms with Gasteiger partial charge < -0.3 is 20.6 Å². The van der Waals surface area contributed by atoms with Crippen molar-refractivity contribution in [3.8, 4) is 5.75 Å². The lowest BCUT2D eigenvalue weighted by Gasteiger charge is -2.46. The zero-order chi connectivity index (χ0) is 29.2. The number of aliphatic hydroxyl groups is 2. The van der Waals surface area contributed by atoms with E-state index in [1.165, 1.54) is 6.07 Å². The number of aryl methyl sites for hydroxylation is 1. The molecule has 4 N–H and O–H groups in total. The molecule has 0 fully saturated rings. The van der Waals surface area contributed by atoms with Crippen LogP contribution in [-0.4, -0.2) is 56.9 Å². The van der Waals surface area contributed by atoms with E-state index in [4.69, 9.17) is 0 Å². The summed E-state index contributed by atoms with van der Waals surface area (Å²) in [5.41, 5.74) is -1.94. The molecule has 212 valence electrons. The van der Waals surface area contributed by atoms with Crippen LogP contribution in [0.5, 0.6) is 5.75 Å². The van der Waals surface area contributed by atoms with Gasteiger partial charge >= 0.3 is 12.1 Å². The van der Waals surface area contributed by atoms with Crippen LogP contribution >= 0.6 is 0 Å². The highest BCUT2D eigenvalue weighted by Gasteiger charge is 2.59. The number of alkyl halides is 5. The van der Waals surface area contributed by atoms with Gasteiger partial charge in [0.25, 0.3) is 0 Å². The molecule has 0 aromatic heterocycles. The molecule has 1 aromatic carbocycles. The molecule has 4 rings (SSSR count). The van der Waals surface area contributed by atoms with Crippen LogP contribution in [0.4, 0.5) is 22.0 Å². The van der Waals surface area contributed by atoms with Crippen LogP contribution in [0.15, 0.2) is 28.5 Å². The van der Waals surface area contributed by atoms with E-state index >= 15 is 0 Å². The molecule has 3 atom stereocenters. The zero-order valence-corrected chi connectivity index (χ0v) is 21.4. The van der Waals surface area contributed by atoms with E-state index in [0.717, 1.165) is 6.92 Å². The predicted octanol–water partition coefficient (Wildman–Crippen LogP) is 4.04. The van der Waals surface area contributed by atoms with Crippen molar-refractivity contribution in [1.29, 1.82) is 0 Å². The Morgan fingerprint density at radius 3 is 2.33 bits per heavy atom. The molecule has 3 aliphatic carbocycles. The molecule has 39 heavy (non-hydrogen) atoms. The van der Waals surface area contributed by atoms with E-state index < -0.39 is 71.5 Å². The highest BCUT2D eigenvalue weighted by Crippen LogP contribution is 2.52. The lowest BCUT2D eigenvalue weighted by molar-refractivity contribution is -0.279. The summed E-state index contributed by atoms with van der Waals surface area (Å²) < 4.78 is 64.2. The summed E-state index contributed by atoms with van der Waals surface area (Å²) in [4.78, 5) is 39.0. The van der Waals surface area contributed by atoms with Gasteiger partial charge in [-0.2, -0.15) is 22.0 Å². The average Bonchev–Trinajstić information content (AvgIpc) is 2.81. The number of phenols is 1. The number of fused-ring (bicyclic) bond motifs is 3. The lowest BCUT2D eigenvalue weighted by atomic mass is 9.59. The Morgan fingerprint density at radius 1 is 1.13 bits per heavy atom. The fourth-order valence-corrected chi connectivity index (χ4v) is 6.14. The smallest absolute Gasteiger partial charge is 0.454 e. The lowest BCUT2D eigenvalue weighted by Crippen LogP contribution is -2.56. The van der Waals surface area contributed by atoms with E-state index in [9.17, 15) is 51.7 Å². The molecule has 0 saturated carbocycles. The van der Waals surface area contributed by atoms with Gasteiger partial charge in [0, 0.05) is 23.6 Å². The van der Waals surface area contributed by atoms with Crippen molar-refractivity contribution >= 4 is 17.3 Å². The summed E-state index contributed by atoms with van der Waals surface area (Å²) >= 11 is 0. The first-order valence-corrected chi connectivity index (χ1v) is 12.4. The quantitative estimate of drug-likeness (QED) is 0.308.